The predicted octanol–water partition coefficient (Wildman–Crippen LogP) is 11.1. The number of nitrogens with zero attached hydrogens (tertiary/aromatic N) is 3. The van der Waals surface area contributed by atoms with Crippen molar-refractivity contribution in [1.82, 2.24) is 9.13 Å². The molecule has 0 unspecified atom stereocenters. The summed E-state index contributed by atoms with van der Waals surface area (Å²) in [5, 5.41) is 14.5. The Hall–Kier alpha value is -6.37. The fourth-order valence-electron chi connectivity index (χ4n) is 7.01. The van der Waals surface area contributed by atoms with Crippen LogP contribution in [0.3, 0.4) is 0 Å². The highest BCUT2D eigenvalue weighted by atomic mass is 15.0. The molecule has 0 spiro atoms. The Morgan fingerprint density at radius 2 is 0.870 bits per heavy atom. The lowest BCUT2D eigenvalue weighted by molar-refractivity contribution is 1.18. The zero-order valence-corrected chi connectivity index (χ0v) is 24.9. The largest absolute Gasteiger partial charge is 0.309 e. The van der Waals surface area contributed by atoms with Crippen molar-refractivity contribution in [1.29, 1.82) is 5.26 Å². The molecule has 0 saturated carbocycles. The monoisotopic (exact) mass is 585 g/mol. The van der Waals surface area contributed by atoms with Crippen molar-refractivity contribution in [3.8, 4) is 39.7 Å². The molecule has 9 rings (SSSR count). The van der Waals surface area contributed by atoms with E-state index in [9.17, 15) is 5.26 Å². The van der Waals surface area contributed by atoms with Crippen LogP contribution in [0.25, 0.3) is 77.2 Å². The van der Waals surface area contributed by atoms with Crippen LogP contribution in [0.15, 0.2) is 164 Å². The van der Waals surface area contributed by atoms with E-state index in [0.29, 0.717) is 5.56 Å². The summed E-state index contributed by atoms with van der Waals surface area (Å²) in [5.41, 5.74) is 12.1. The highest BCUT2D eigenvalue weighted by molar-refractivity contribution is 6.11. The minimum Gasteiger partial charge on any atom is -0.309 e. The first-order valence-corrected chi connectivity index (χ1v) is 15.5. The molecule has 0 aliphatic rings. The van der Waals surface area contributed by atoms with E-state index in [1.54, 1.807) is 0 Å². The lowest BCUT2D eigenvalue weighted by Crippen LogP contribution is -1.94. The number of rotatable bonds is 4. The third-order valence-corrected chi connectivity index (χ3v) is 9.14. The summed E-state index contributed by atoms with van der Waals surface area (Å²) in [7, 11) is 0. The van der Waals surface area contributed by atoms with Gasteiger partial charge in [-0.1, -0.05) is 97.1 Å². The van der Waals surface area contributed by atoms with Gasteiger partial charge in [-0.15, -0.1) is 0 Å². The average Bonchev–Trinajstić information content (AvgIpc) is 3.64. The number of hydrogen-bond donors (Lipinski definition) is 0. The Balaban J connectivity index is 1.18. The van der Waals surface area contributed by atoms with Crippen LogP contribution in [0.5, 0.6) is 0 Å². The standard InChI is InChI=1S/C43H27N3/c44-28-29-17-23-42-38(25-29)39-27-33(20-24-43(39)46(42)35-12-8-11-32(26-35)30-9-2-1-3-10-30)31-18-21-34(22-19-31)45-40-15-6-4-13-36(40)37-14-5-7-16-41(37)45/h1-27H. The molecule has 0 saturated heterocycles. The van der Waals surface area contributed by atoms with Gasteiger partial charge in [-0.25, -0.2) is 0 Å². The van der Waals surface area contributed by atoms with E-state index in [1.807, 2.05) is 18.2 Å². The van der Waals surface area contributed by atoms with E-state index in [1.165, 1.54) is 32.9 Å². The minimum atomic E-state index is 0.658. The Morgan fingerprint density at radius 3 is 1.59 bits per heavy atom. The van der Waals surface area contributed by atoms with Crippen molar-refractivity contribution >= 4 is 43.6 Å². The maximum absolute atomic E-state index is 9.77. The van der Waals surface area contributed by atoms with Crippen LogP contribution in [0.1, 0.15) is 5.56 Å². The molecule has 3 nitrogen and oxygen atoms in total. The number of benzene rings is 7. The molecule has 2 aromatic heterocycles. The predicted molar refractivity (Wildman–Crippen MR) is 191 cm³/mol. The molecule has 0 bridgehead atoms. The van der Waals surface area contributed by atoms with Crippen molar-refractivity contribution in [2.24, 2.45) is 0 Å². The second kappa shape index (κ2) is 10.4. The van der Waals surface area contributed by atoms with Crippen molar-refractivity contribution < 1.29 is 0 Å². The van der Waals surface area contributed by atoms with Crippen molar-refractivity contribution in [2.75, 3.05) is 0 Å². The van der Waals surface area contributed by atoms with E-state index in [-0.39, 0.29) is 0 Å². The maximum atomic E-state index is 9.77. The average molecular weight is 586 g/mol. The highest BCUT2D eigenvalue weighted by Crippen LogP contribution is 2.37. The lowest BCUT2D eigenvalue weighted by atomic mass is 10.0. The third kappa shape index (κ3) is 4.05. The summed E-state index contributed by atoms with van der Waals surface area (Å²) >= 11 is 0. The highest BCUT2D eigenvalue weighted by Gasteiger charge is 2.16. The first-order chi connectivity index (χ1) is 22.8. The van der Waals surface area contributed by atoms with E-state index in [0.717, 1.165) is 44.3 Å². The maximum Gasteiger partial charge on any atom is 0.0991 e. The van der Waals surface area contributed by atoms with Crippen LogP contribution >= 0.6 is 0 Å². The Morgan fingerprint density at radius 1 is 0.348 bits per heavy atom. The summed E-state index contributed by atoms with van der Waals surface area (Å²) in [6.07, 6.45) is 0. The molecule has 0 radical (unpaired) electrons. The lowest BCUT2D eigenvalue weighted by Gasteiger charge is -2.11. The van der Waals surface area contributed by atoms with E-state index < -0.39 is 0 Å². The summed E-state index contributed by atoms with van der Waals surface area (Å²) in [6.45, 7) is 0. The van der Waals surface area contributed by atoms with Crippen molar-refractivity contribution in [3.63, 3.8) is 0 Å². The summed E-state index contributed by atoms with van der Waals surface area (Å²) in [6, 6.07) is 60.2. The molecule has 7 aromatic carbocycles. The van der Waals surface area contributed by atoms with E-state index >= 15 is 0 Å². The molecule has 0 atom stereocenters. The van der Waals surface area contributed by atoms with Gasteiger partial charge < -0.3 is 9.13 Å². The van der Waals surface area contributed by atoms with Crippen LogP contribution in [-0.4, -0.2) is 9.13 Å². The second-order valence-electron chi connectivity index (χ2n) is 11.7. The molecule has 0 N–H and O–H groups in total. The van der Waals surface area contributed by atoms with Crippen LogP contribution in [0, 0.1) is 11.3 Å². The van der Waals surface area contributed by atoms with Gasteiger partial charge in [-0.2, -0.15) is 5.26 Å². The minimum absolute atomic E-state index is 0.658. The molecule has 0 aliphatic carbocycles. The van der Waals surface area contributed by atoms with Gasteiger partial charge >= 0.3 is 0 Å². The van der Waals surface area contributed by atoms with Crippen LogP contribution in [0.2, 0.25) is 0 Å². The first-order valence-electron chi connectivity index (χ1n) is 15.5. The number of para-hydroxylation sites is 2. The summed E-state index contributed by atoms with van der Waals surface area (Å²) in [5.74, 6) is 0. The third-order valence-electron chi connectivity index (χ3n) is 9.14. The zero-order valence-electron chi connectivity index (χ0n) is 24.9. The zero-order chi connectivity index (χ0) is 30.6. The Kier molecular flexibility index (Phi) is 5.88. The molecule has 46 heavy (non-hydrogen) atoms. The SMILES string of the molecule is N#Cc1ccc2c(c1)c1cc(-c3ccc(-n4c5ccccc5c5ccccc54)cc3)ccc1n2-c1cccc(-c2ccccc2)c1. The number of hydrogen-bond acceptors (Lipinski definition) is 1. The molecule has 0 aliphatic heterocycles. The molecule has 9 aromatic rings. The van der Waals surface area contributed by atoms with E-state index in [2.05, 4.69) is 161 Å². The summed E-state index contributed by atoms with van der Waals surface area (Å²) in [4.78, 5) is 0. The van der Waals surface area contributed by atoms with Crippen molar-refractivity contribution in [2.45, 2.75) is 0 Å². The fraction of sp³-hybridized carbons (Fsp3) is 0. The Labute approximate surface area is 266 Å². The van der Waals surface area contributed by atoms with Crippen LogP contribution in [0.4, 0.5) is 0 Å². The van der Waals surface area contributed by atoms with Crippen LogP contribution < -0.4 is 0 Å². The molecular weight excluding hydrogens is 558 g/mol. The Bertz CT molecular complexity index is 2580. The number of aromatic nitrogens is 2. The second-order valence-corrected chi connectivity index (χ2v) is 11.7. The number of fused-ring (bicyclic) bond motifs is 6. The molecule has 2 heterocycles. The quantitative estimate of drug-likeness (QED) is 0.202. The van der Waals surface area contributed by atoms with Gasteiger partial charge in [0.25, 0.3) is 0 Å². The van der Waals surface area contributed by atoms with Gasteiger partial charge in [0.15, 0.2) is 0 Å². The summed E-state index contributed by atoms with van der Waals surface area (Å²) < 4.78 is 4.66. The van der Waals surface area contributed by atoms with Gasteiger partial charge in [0.2, 0.25) is 0 Å². The van der Waals surface area contributed by atoms with Crippen molar-refractivity contribution in [3.05, 3.63) is 169 Å². The molecule has 214 valence electrons. The topological polar surface area (TPSA) is 33.6 Å². The fourth-order valence-corrected chi connectivity index (χ4v) is 7.01. The van der Waals surface area contributed by atoms with Gasteiger partial charge in [-0.3, -0.25) is 0 Å². The van der Waals surface area contributed by atoms with Gasteiger partial charge in [0, 0.05) is 32.9 Å². The van der Waals surface area contributed by atoms with Gasteiger partial charge in [0.1, 0.15) is 0 Å². The molecular formula is C43H27N3. The first kappa shape index (κ1) is 26.1. The van der Waals surface area contributed by atoms with E-state index in [4.69, 9.17) is 0 Å². The normalized spacial score (nSPS) is 11.5. The molecule has 3 heteroatoms. The van der Waals surface area contributed by atoms with Gasteiger partial charge in [0.05, 0.1) is 33.7 Å². The molecule has 0 fully saturated rings. The number of nitriles is 1. The molecule has 0 amide bonds. The van der Waals surface area contributed by atoms with Crippen LogP contribution in [-0.2, 0) is 0 Å². The van der Waals surface area contributed by atoms with Gasteiger partial charge in [-0.05, 0) is 89.0 Å². The smallest absolute Gasteiger partial charge is 0.0991 e.